The van der Waals surface area contributed by atoms with Gasteiger partial charge in [0.05, 0.1) is 7.11 Å². The highest BCUT2D eigenvalue weighted by atomic mass is 16.5. The summed E-state index contributed by atoms with van der Waals surface area (Å²) in [6.07, 6.45) is 3.63. The Hall–Kier alpha value is -2.03. The quantitative estimate of drug-likeness (QED) is 0.853. The molecule has 0 bridgehead atoms. The second kappa shape index (κ2) is 4.66. The van der Waals surface area contributed by atoms with Gasteiger partial charge in [-0.25, -0.2) is 0 Å². The standard InChI is InChI=1S/C13H14N2O/c1-14-13-7-8-15-9-12(13)10-3-5-11(16-2)6-4-10/h3-9H,1-2H3,(H,14,15). The van der Waals surface area contributed by atoms with Crippen molar-refractivity contribution in [2.45, 2.75) is 0 Å². The van der Waals surface area contributed by atoms with Gasteiger partial charge in [0, 0.05) is 30.7 Å². The van der Waals surface area contributed by atoms with E-state index in [-0.39, 0.29) is 0 Å². The molecule has 0 aliphatic rings. The fraction of sp³-hybridized carbons (Fsp3) is 0.154. The molecule has 0 atom stereocenters. The van der Waals surface area contributed by atoms with Gasteiger partial charge in [-0.15, -0.1) is 0 Å². The lowest BCUT2D eigenvalue weighted by Gasteiger charge is -2.08. The number of nitrogens with zero attached hydrogens (tertiary/aromatic N) is 1. The van der Waals surface area contributed by atoms with Crippen LogP contribution in [0.3, 0.4) is 0 Å². The molecule has 0 amide bonds. The average Bonchev–Trinajstić information content (AvgIpc) is 2.39. The molecular weight excluding hydrogens is 200 g/mol. The maximum Gasteiger partial charge on any atom is 0.118 e. The lowest BCUT2D eigenvalue weighted by atomic mass is 10.1. The second-order valence-electron chi connectivity index (χ2n) is 3.40. The lowest BCUT2D eigenvalue weighted by molar-refractivity contribution is 0.415. The molecule has 0 radical (unpaired) electrons. The van der Waals surface area contributed by atoms with Crippen LogP contribution in [-0.4, -0.2) is 19.1 Å². The van der Waals surface area contributed by atoms with Gasteiger partial charge in [-0.05, 0) is 23.8 Å². The summed E-state index contributed by atoms with van der Waals surface area (Å²) in [6.45, 7) is 0. The van der Waals surface area contributed by atoms with Crippen LogP contribution in [0.4, 0.5) is 5.69 Å². The molecule has 0 unspecified atom stereocenters. The Kier molecular flexibility index (Phi) is 3.05. The molecule has 0 aliphatic heterocycles. The molecule has 2 rings (SSSR count). The summed E-state index contributed by atoms with van der Waals surface area (Å²) >= 11 is 0. The minimum absolute atomic E-state index is 0.860. The maximum atomic E-state index is 5.13. The molecular formula is C13H14N2O. The van der Waals surface area contributed by atoms with Crippen molar-refractivity contribution in [2.75, 3.05) is 19.5 Å². The van der Waals surface area contributed by atoms with Gasteiger partial charge in [-0.2, -0.15) is 0 Å². The zero-order valence-electron chi connectivity index (χ0n) is 9.40. The van der Waals surface area contributed by atoms with E-state index in [4.69, 9.17) is 4.74 Å². The van der Waals surface area contributed by atoms with Crippen LogP contribution in [0.1, 0.15) is 0 Å². The smallest absolute Gasteiger partial charge is 0.118 e. The molecule has 3 nitrogen and oxygen atoms in total. The van der Waals surface area contributed by atoms with Gasteiger partial charge in [-0.1, -0.05) is 12.1 Å². The summed E-state index contributed by atoms with van der Waals surface area (Å²) in [5.74, 6) is 0.860. The molecule has 16 heavy (non-hydrogen) atoms. The summed E-state index contributed by atoms with van der Waals surface area (Å²) in [5, 5.41) is 3.15. The molecule has 82 valence electrons. The minimum atomic E-state index is 0.860. The predicted octanol–water partition coefficient (Wildman–Crippen LogP) is 2.80. The first-order valence-electron chi connectivity index (χ1n) is 5.11. The van der Waals surface area contributed by atoms with Gasteiger partial charge in [0.15, 0.2) is 0 Å². The van der Waals surface area contributed by atoms with Crippen molar-refractivity contribution in [3.8, 4) is 16.9 Å². The van der Waals surface area contributed by atoms with Crippen LogP contribution in [0.15, 0.2) is 42.7 Å². The van der Waals surface area contributed by atoms with Gasteiger partial charge in [0.25, 0.3) is 0 Å². The molecule has 3 heteroatoms. The van der Waals surface area contributed by atoms with E-state index < -0.39 is 0 Å². The van der Waals surface area contributed by atoms with Gasteiger partial charge < -0.3 is 10.1 Å². The van der Waals surface area contributed by atoms with Crippen molar-refractivity contribution < 1.29 is 4.74 Å². The Labute approximate surface area is 95.1 Å². The zero-order valence-corrected chi connectivity index (χ0v) is 9.40. The maximum absolute atomic E-state index is 5.13. The first kappa shape index (κ1) is 10.5. The molecule has 0 spiro atoms. The molecule has 1 aromatic heterocycles. The number of ether oxygens (including phenoxy) is 1. The Bertz CT molecular complexity index is 466. The highest BCUT2D eigenvalue weighted by Crippen LogP contribution is 2.27. The highest BCUT2D eigenvalue weighted by molar-refractivity contribution is 5.76. The van der Waals surface area contributed by atoms with E-state index in [1.165, 1.54) is 0 Å². The van der Waals surface area contributed by atoms with Crippen molar-refractivity contribution in [3.63, 3.8) is 0 Å². The van der Waals surface area contributed by atoms with Crippen LogP contribution < -0.4 is 10.1 Å². The summed E-state index contributed by atoms with van der Waals surface area (Å²) in [5.41, 5.74) is 3.28. The number of hydrogen-bond donors (Lipinski definition) is 1. The molecule has 1 heterocycles. The fourth-order valence-corrected chi connectivity index (χ4v) is 1.61. The van der Waals surface area contributed by atoms with Crippen molar-refractivity contribution in [2.24, 2.45) is 0 Å². The normalized spacial score (nSPS) is 9.88. The second-order valence-corrected chi connectivity index (χ2v) is 3.40. The Morgan fingerprint density at radius 2 is 1.88 bits per heavy atom. The van der Waals surface area contributed by atoms with Crippen LogP contribution >= 0.6 is 0 Å². The lowest BCUT2D eigenvalue weighted by Crippen LogP contribution is -1.92. The number of methoxy groups -OCH3 is 1. The summed E-state index contributed by atoms with van der Waals surface area (Å²) in [7, 11) is 3.57. The molecule has 0 saturated heterocycles. The van der Waals surface area contributed by atoms with Crippen LogP contribution in [0.5, 0.6) is 5.75 Å². The largest absolute Gasteiger partial charge is 0.497 e. The van der Waals surface area contributed by atoms with Crippen molar-refractivity contribution in [1.82, 2.24) is 4.98 Å². The topological polar surface area (TPSA) is 34.2 Å². The third-order valence-corrected chi connectivity index (χ3v) is 2.49. The van der Waals surface area contributed by atoms with E-state index >= 15 is 0 Å². The number of benzene rings is 1. The number of anilines is 1. The van der Waals surface area contributed by atoms with Crippen molar-refractivity contribution in [3.05, 3.63) is 42.7 Å². The first-order chi connectivity index (χ1) is 7.85. The van der Waals surface area contributed by atoms with Gasteiger partial charge in [-0.3, -0.25) is 4.98 Å². The molecule has 0 saturated carbocycles. The summed E-state index contributed by atoms with van der Waals surface area (Å²) in [4.78, 5) is 4.14. The number of nitrogens with one attached hydrogen (secondary N) is 1. The summed E-state index contributed by atoms with van der Waals surface area (Å²) < 4.78 is 5.13. The van der Waals surface area contributed by atoms with E-state index in [1.807, 2.05) is 43.6 Å². The molecule has 1 aromatic carbocycles. The minimum Gasteiger partial charge on any atom is -0.497 e. The van der Waals surface area contributed by atoms with Crippen LogP contribution in [0.25, 0.3) is 11.1 Å². The number of hydrogen-bond acceptors (Lipinski definition) is 3. The van der Waals surface area contributed by atoms with E-state index in [0.29, 0.717) is 0 Å². The van der Waals surface area contributed by atoms with Crippen LogP contribution in [0.2, 0.25) is 0 Å². The van der Waals surface area contributed by atoms with E-state index in [9.17, 15) is 0 Å². The molecule has 0 fully saturated rings. The first-order valence-corrected chi connectivity index (χ1v) is 5.11. The fourth-order valence-electron chi connectivity index (χ4n) is 1.61. The van der Waals surface area contributed by atoms with Crippen LogP contribution in [0, 0.1) is 0 Å². The Morgan fingerprint density at radius 3 is 2.50 bits per heavy atom. The number of rotatable bonds is 3. The third-order valence-electron chi connectivity index (χ3n) is 2.49. The number of aromatic nitrogens is 1. The van der Waals surface area contributed by atoms with Crippen LogP contribution in [-0.2, 0) is 0 Å². The monoisotopic (exact) mass is 214 g/mol. The SMILES string of the molecule is CNc1ccncc1-c1ccc(OC)cc1. The molecule has 1 N–H and O–H groups in total. The zero-order chi connectivity index (χ0) is 11.4. The van der Waals surface area contributed by atoms with Crippen molar-refractivity contribution in [1.29, 1.82) is 0 Å². The van der Waals surface area contributed by atoms with E-state index in [1.54, 1.807) is 13.3 Å². The van der Waals surface area contributed by atoms with E-state index in [0.717, 1.165) is 22.6 Å². The molecule has 2 aromatic rings. The predicted molar refractivity (Wildman–Crippen MR) is 65.8 cm³/mol. The number of pyridine rings is 1. The average molecular weight is 214 g/mol. The van der Waals surface area contributed by atoms with Gasteiger partial charge in [0.2, 0.25) is 0 Å². The summed E-state index contributed by atoms with van der Waals surface area (Å²) in [6, 6.07) is 9.90. The Balaban J connectivity index is 2.42. The van der Waals surface area contributed by atoms with Gasteiger partial charge in [0.1, 0.15) is 5.75 Å². The van der Waals surface area contributed by atoms with Crippen molar-refractivity contribution >= 4 is 5.69 Å². The Morgan fingerprint density at radius 1 is 1.12 bits per heavy atom. The third kappa shape index (κ3) is 1.98. The highest BCUT2D eigenvalue weighted by Gasteiger charge is 2.03. The molecule has 0 aliphatic carbocycles. The van der Waals surface area contributed by atoms with E-state index in [2.05, 4.69) is 10.3 Å². The van der Waals surface area contributed by atoms with Gasteiger partial charge >= 0.3 is 0 Å².